The van der Waals surface area contributed by atoms with Crippen LogP contribution in [0, 0.1) is 0 Å². The Labute approximate surface area is 294 Å². The van der Waals surface area contributed by atoms with Crippen molar-refractivity contribution in [2.75, 3.05) is 25.2 Å². The summed E-state index contributed by atoms with van der Waals surface area (Å²) in [7, 11) is 1.67. The molecule has 12 nitrogen and oxygen atoms in total. The Balaban J connectivity index is 1.20. The van der Waals surface area contributed by atoms with Gasteiger partial charge in [-0.2, -0.15) is 10.2 Å². The molecule has 12 heteroatoms. The van der Waals surface area contributed by atoms with Crippen molar-refractivity contribution in [1.82, 2.24) is 34.5 Å². The largest absolute Gasteiger partial charge is 0.497 e. The van der Waals surface area contributed by atoms with Gasteiger partial charge in [-0.3, -0.25) is 0 Å². The Kier molecular flexibility index (Phi) is 7.85. The van der Waals surface area contributed by atoms with Crippen LogP contribution in [0.1, 0.15) is 39.8 Å². The monoisotopic (exact) mass is 679 g/mol. The van der Waals surface area contributed by atoms with Gasteiger partial charge in [-0.25, -0.2) is 23.9 Å². The maximum absolute atomic E-state index is 7.03. The summed E-state index contributed by atoms with van der Waals surface area (Å²) in [4.78, 5) is 13.9. The number of methoxy groups -OCH3 is 1. The minimum absolute atomic E-state index is 0.0773. The molecule has 0 amide bonds. The highest BCUT2D eigenvalue weighted by molar-refractivity contribution is 6.01. The van der Waals surface area contributed by atoms with Gasteiger partial charge in [0.25, 0.3) is 0 Å². The molecule has 1 unspecified atom stereocenters. The van der Waals surface area contributed by atoms with Crippen LogP contribution < -0.4 is 25.5 Å². The zero-order chi connectivity index (χ0) is 35.4. The first-order valence-corrected chi connectivity index (χ1v) is 17.0. The minimum atomic E-state index is -0.185. The molecule has 4 aromatic heterocycles. The van der Waals surface area contributed by atoms with Crippen molar-refractivity contribution in [2.24, 2.45) is 0 Å². The summed E-state index contributed by atoms with van der Waals surface area (Å²) in [5.41, 5.74) is 18.3. The highest BCUT2D eigenvalue weighted by atomic mass is 16.5. The summed E-state index contributed by atoms with van der Waals surface area (Å²) in [6, 6.07) is 24.5. The van der Waals surface area contributed by atoms with Crippen LogP contribution in [-0.2, 0) is 6.54 Å². The van der Waals surface area contributed by atoms with Crippen molar-refractivity contribution in [1.29, 1.82) is 0 Å². The van der Waals surface area contributed by atoms with E-state index in [0.717, 1.165) is 60.9 Å². The molecule has 0 aliphatic heterocycles. The van der Waals surface area contributed by atoms with Gasteiger partial charge in [-0.15, -0.1) is 0 Å². The Hall–Kier alpha value is -6.30. The number of hydrogen-bond acceptors (Lipinski definition) is 9. The number of anilines is 2. The second-order valence-corrected chi connectivity index (χ2v) is 13.1. The van der Waals surface area contributed by atoms with Gasteiger partial charge in [0, 0.05) is 11.1 Å². The van der Waals surface area contributed by atoms with E-state index in [-0.39, 0.29) is 12.1 Å². The maximum atomic E-state index is 7.03. The van der Waals surface area contributed by atoms with Gasteiger partial charge < -0.3 is 20.9 Å². The second kappa shape index (κ2) is 12.5. The Morgan fingerprint density at radius 2 is 1.29 bits per heavy atom. The van der Waals surface area contributed by atoms with E-state index in [2.05, 4.69) is 73.2 Å². The van der Waals surface area contributed by atoms with Crippen molar-refractivity contribution in [2.45, 2.75) is 46.3 Å². The average Bonchev–Trinajstić information content (AvgIpc) is 3.73. The quantitative estimate of drug-likeness (QED) is 0.155. The normalized spacial score (nSPS) is 12.4. The fourth-order valence-electron chi connectivity index (χ4n) is 6.82. The number of benzene rings is 4. The molecule has 0 aliphatic carbocycles. The Morgan fingerprint density at radius 3 is 1.96 bits per heavy atom. The first kappa shape index (κ1) is 31.9. The second-order valence-electron chi connectivity index (χ2n) is 13.1. The third-order valence-corrected chi connectivity index (χ3v) is 9.37. The molecule has 0 aliphatic rings. The first-order valence-electron chi connectivity index (χ1n) is 17.0. The molecule has 4 heterocycles. The summed E-state index contributed by atoms with van der Waals surface area (Å²) < 4.78 is 16.9. The SMILES string of the molecule is CCOc1ccc2cc(-c3nn(C(C)C[n+]4cnc5c(c(-c6ccc7cc(OC)ccc7c6)nn5C(C)C)c4N)c4ncnc(N)c34)ccc2c1. The number of nitrogens with zero attached hydrogens (tertiary/aromatic N) is 8. The number of hydrogen-bond donors (Lipinski definition) is 2. The number of fused-ring (bicyclic) bond motifs is 4. The zero-order valence-electron chi connectivity index (χ0n) is 29.2. The van der Waals surface area contributed by atoms with E-state index in [9.17, 15) is 0 Å². The standard InChI is InChI=1S/C39H38N10O2/c1-6-51-31-14-12-25-15-28(9-8-27(25)18-31)34-32-36(40)42-20-43-38(32)49(46-34)23(4)19-47-21-44-39-33(37(47)41)35(45-48(39)22(2)3)29-10-7-26-17-30(50-5)13-11-24(26)16-29/h7-18,20-23,41H,6,19H2,1-5H3,(H2,40,42,43,46)/p+1. The lowest BCUT2D eigenvalue weighted by atomic mass is 10.0. The maximum Gasteiger partial charge on any atom is 0.241 e. The zero-order valence-corrected chi connectivity index (χ0v) is 29.2. The summed E-state index contributed by atoms with van der Waals surface area (Å²) in [6.45, 7) is 9.32. The van der Waals surface area contributed by atoms with E-state index in [1.54, 1.807) is 13.4 Å². The van der Waals surface area contributed by atoms with Crippen molar-refractivity contribution < 1.29 is 14.0 Å². The van der Waals surface area contributed by atoms with Crippen LogP contribution in [0.25, 0.3) is 66.1 Å². The summed E-state index contributed by atoms with van der Waals surface area (Å²) in [5.74, 6) is 2.59. The highest BCUT2D eigenvalue weighted by Crippen LogP contribution is 2.36. The molecule has 8 rings (SSSR count). The molecule has 4 aromatic carbocycles. The number of aromatic nitrogens is 8. The van der Waals surface area contributed by atoms with Crippen LogP contribution in [0.2, 0.25) is 0 Å². The van der Waals surface area contributed by atoms with Crippen LogP contribution >= 0.6 is 0 Å². The summed E-state index contributed by atoms with van der Waals surface area (Å²) in [6.07, 6.45) is 3.25. The predicted molar refractivity (Wildman–Crippen MR) is 201 cm³/mol. The molecule has 0 radical (unpaired) electrons. The Morgan fingerprint density at radius 1 is 0.706 bits per heavy atom. The van der Waals surface area contributed by atoms with Crippen LogP contribution in [0.15, 0.2) is 85.5 Å². The smallest absolute Gasteiger partial charge is 0.241 e. The molecule has 256 valence electrons. The van der Waals surface area contributed by atoms with Gasteiger partial charge in [-0.1, -0.05) is 41.4 Å². The van der Waals surface area contributed by atoms with Crippen molar-refractivity contribution in [3.63, 3.8) is 0 Å². The van der Waals surface area contributed by atoms with Gasteiger partial charge in [-0.05, 0) is 85.6 Å². The Bertz CT molecular complexity index is 2610. The van der Waals surface area contributed by atoms with Crippen molar-refractivity contribution in [3.05, 3.63) is 85.5 Å². The van der Waals surface area contributed by atoms with E-state index in [1.807, 2.05) is 51.2 Å². The third-order valence-electron chi connectivity index (χ3n) is 9.37. The molecule has 0 saturated carbocycles. The van der Waals surface area contributed by atoms with Gasteiger partial charge in [0.05, 0.1) is 37.7 Å². The molecular formula is C39H39N10O2+. The summed E-state index contributed by atoms with van der Waals surface area (Å²) in [5, 5.41) is 15.9. The minimum Gasteiger partial charge on any atom is -0.497 e. The third kappa shape index (κ3) is 5.49. The molecule has 0 saturated heterocycles. The number of nitrogens with two attached hydrogens (primary N) is 2. The molecule has 0 bridgehead atoms. The van der Waals surface area contributed by atoms with Crippen LogP contribution in [0.4, 0.5) is 11.6 Å². The molecule has 4 N–H and O–H groups in total. The van der Waals surface area contributed by atoms with Gasteiger partial charge >= 0.3 is 0 Å². The van der Waals surface area contributed by atoms with Crippen LogP contribution in [-0.4, -0.2) is 48.2 Å². The fraction of sp³-hybridized carbons (Fsp3) is 0.231. The van der Waals surface area contributed by atoms with Crippen molar-refractivity contribution >= 4 is 55.2 Å². The van der Waals surface area contributed by atoms with Crippen LogP contribution in [0.5, 0.6) is 11.5 Å². The van der Waals surface area contributed by atoms with E-state index in [4.69, 9.17) is 36.1 Å². The lowest BCUT2D eigenvalue weighted by Crippen LogP contribution is -2.41. The molecule has 0 fully saturated rings. The lowest BCUT2D eigenvalue weighted by molar-refractivity contribution is -0.688. The molecule has 51 heavy (non-hydrogen) atoms. The fourth-order valence-corrected chi connectivity index (χ4v) is 6.82. The summed E-state index contributed by atoms with van der Waals surface area (Å²) >= 11 is 0. The van der Waals surface area contributed by atoms with Crippen molar-refractivity contribution in [3.8, 4) is 34.0 Å². The number of ether oxygens (including phenoxy) is 2. The van der Waals surface area contributed by atoms with E-state index in [1.165, 1.54) is 6.33 Å². The average molecular weight is 680 g/mol. The molecule has 0 spiro atoms. The van der Waals surface area contributed by atoms with Gasteiger partial charge in [0.1, 0.15) is 40.4 Å². The van der Waals surface area contributed by atoms with E-state index in [0.29, 0.717) is 41.5 Å². The highest BCUT2D eigenvalue weighted by Gasteiger charge is 2.27. The predicted octanol–water partition coefficient (Wildman–Crippen LogP) is 6.91. The topological polar surface area (TPSA) is 149 Å². The molecule has 1 atom stereocenters. The number of rotatable bonds is 9. The molecule has 8 aromatic rings. The molecular weight excluding hydrogens is 640 g/mol. The van der Waals surface area contributed by atoms with Gasteiger partial charge in [0.15, 0.2) is 5.65 Å². The van der Waals surface area contributed by atoms with E-state index >= 15 is 0 Å². The lowest BCUT2D eigenvalue weighted by Gasteiger charge is -2.14. The van der Waals surface area contributed by atoms with Gasteiger partial charge in [0.2, 0.25) is 17.8 Å². The number of nitrogen functional groups attached to an aromatic ring is 2. The van der Waals surface area contributed by atoms with Crippen LogP contribution in [0.3, 0.4) is 0 Å². The first-order chi connectivity index (χ1) is 24.7. The van der Waals surface area contributed by atoms with E-state index < -0.39 is 0 Å².